The van der Waals surface area contributed by atoms with E-state index in [2.05, 4.69) is 22.2 Å². The summed E-state index contributed by atoms with van der Waals surface area (Å²) in [5, 5.41) is 5.06. The van der Waals surface area contributed by atoms with Gasteiger partial charge >= 0.3 is 0 Å². The summed E-state index contributed by atoms with van der Waals surface area (Å²) in [6.45, 7) is 5.44. The number of piperazine rings is 1. The Morgan fingerprint density at radius 2 is 1.75 bits per heavy atom. The minimum Gasteiger partial charge on any atom is -0.488 e. The van der Waals surface area contributed by atoms with Crippen molar-refractivity contribution in [1.82, 2.24) is 14.8 Å². The lowest BCUT2D eigenvalue weighted by Gasteiger charge is -2.32. The maximum absolute atomic E-state index is 12.8. The summed E-state index contributed by atoms with van der Waals surface area (Å²) in [6, 6.07) is 12.0. The van der Waals surface area contributed by atoms with Crippen molar-refractivity contribution in [3.63, 3.8) is 0 Å². The van der Waals surface area contributed by atoms with Gasteiger partial charge in [0.25, 0.3) is 11.8 Å². The van der Waals surface area contributed by atoms with Crippen LogP contribution in [0.1, 0.15) is 27.6 Å². The van der Waals surface area contributed by atoms with Crippen molar-refractivity contribution in [3.05, 3.63) is 65.2 Å². The van der Waals surface area contributed by atoms with Crippen molar-refractivity contribution in [1.29, 1.82) is 0 Å². The largest absolute Gasteiger partial charge is 0.488 e. The molecule has 0 saturated carbocycles. The van der Waals surface area contributed by atoms with Crippen LogP contribution in [0, 0.1) is 0 Å². The summed E-state index contributed by atoms with van der Waals surface area (Å²) in [6.07, 6.45) is 1.40. The first-order valence-electron chi connectivity index (χ1n) is 11.7. The van der Waals surface area contributed by atoms with Crippen molar-refractivity contribution in [2.24, 2.45) is 0 Å². The minimum absolute atomic E-state index is 0.0123. The number of hydrogen-bond acceptors (Lipinski definition) is 8. The molecule has 36 heavy (non-hydrogen) atoms. The smallest absolute Gasteiger partial charge is 0.257 e. The van der Waals surface area contributed by atoms with Crippen molar-refractivity contribution in [3.8, 4) is 17.2 Å². The molecule has 0 radical (unpaired) electrons. The highest BCUT2D eigenvalue weighted by atomic mass is 32.1. The van der Waals surface area contributed by atoms with E-state index in [1.807, 2.05) is 11.8 Å². The lowest BCUT2D eigenvalue weighted by Crippen LogP contribution is -2.47. The zero-order valence-electron chi connectivity index (χ0n) is 20.6. The van der Waals surface area contributed by atoms with Crippen LogP contribution in [0.3, 0.4) is 0 Å². The molecule has 1 unspecified atom stereocenters. The number of likely N-dealkylation sites (N-methyl/N-ethyl adjacent to an activating group) is 1. The summed E-state index contributed by atoms with van der Waals surface area (Å²) in [4.78, 5) is 33.8. The number of hydrogen-bond donors (Lipinski definition) is 1. The second kappa shape index (κ2) is 12.0. The van der Waals surface area contributed by atoms with Gasteiger partial charge in [-0.15, -0.1) is 11.3 Å². The van der Waals surface area contributed by atoms with Gasteiger partial charge in [0, 0.05) is 62.1 Å². The zero-order valence-corrected chi connectivity index (χ0v) is 21.4. The molecule has 2 amide bonds. The Hall–Kier alpha value is -3.47. The van der Waals surface area contributed by atoms with E-state index in [0.717, 1.165) is 13.1 Å². The predicted octanol–water partition coefficient (Wildman–Crippen LogP) is 3.99. The number of anilines is 1. The Labute approximate surface area is 214 Å². The van der Waals surface area contributed by atoms with Crippen LogP contribution in [-0.4, -0.2) is 79.6 Å². The summed E-state index contributed by atoms with van der Waals surface area (Å²) < 4.78 is 17.1. The van der Waals surface area contributed by atoms with Gasteiger partial charge in [-0.3, -0.25) is 14.9 Å². The second-order valence-electron chi connectivity index (χ2n) is 8.59. The molecule has 1 fully saturated rings. The van der Waals surface area contributed by atoms with Crippen LogP contribution in [-0.2, 0) is 4.74 Å². The molecular weight excluding hydrogens is 480 g/mol. The van der Waals surface area contributed by atoms with Gasteiger partial charge in [-0.05, 0) is 50.4 Å². The van der Waals surface area contributed by atoms with Gasteiger partial charge in [0.05, 0.1) is 6.61 Å². The maximum atomic E-state index is 12.8. The number of amides is 2. The van der Waals surface area contributed by atoms with E-state index in [9.17, 15) is 9.59 Å². The molecule has 1 aromatic heterocycles. The monoisotopic (exact) mass is 510 g/mol. The Balaban J connectivity index is 1.50. The number of carbonyl (C=O) groups is 2. The van der Waals surface area contributed by atoms with Crippen LogP contribution >= 0.6 is 11.3 Å². The van der Waals surface area contributed by atoms with Crippen LogP contribution in [0.25, 0.3) is 0 Å². The topological polar surface area (TPSA) is 93.2 Å². The van der Waals surface area contributed by atoms with E-state index in [4.69, 9.17) is 14.2 Å². The summed E-state index contributed by atoms with van der Waals surface area (Å²) >= 11 is 1.33. The van der Waals surface area contributed by atoms with Gasteiger partial charge in [-0.1, -0.05) is 0 Å². The van der Waals surface area contributed by atoms with Crippen LogP contribution < -0.4 is 14.8 Å². The Kier molecular flexibility index (Phi) is 8.52. The summed E-state index contributed by atoms with van der Waals surface area (Å²) in [7, 11) is 3.66. The SMILES string of the molecule is COCC(C)Oc1cc(Oc2ccc(C(=O)N3CCN(C)CC3)cc2)cc(C(=O)Nc2nccs2)c1. The standard InChI is InChI=1S/C26H30N4O5S/c1-18(17-33-3)34-22-14-20(24(31)28-26-27-8-13-36-26)15-23(16-22)35-21-6-4-19(5-7-21)25(32)30-11-9-29(2)10-12-30/h4-8,13-16,18H,9-12,17H2,1-3H3,(H,27,28,31). The number of ether oxygens (including phenoxy) is 3. The Morgan fingerprint density at radius 3 is 2.42 bits per heavy atom. The number of rotatable bonds is 9. The normalized spacial score (nSPS) is 14.8. The fraction of sp³-hybridized carbons (Fsp3) is 0.346. The van der Waals surface area contributed by atoms with E-state index < -0.39 is 0 Å². The molecule has 1 aliphatic heterocycles. The molecule has 1 aliphatic rings. The van der Waals surface area contributed by atoms with Gasteiger partial charge in [-0.25, -0.2) is 4.98 Å². The highest BCUT2D eigenvalue weighted by Crippen LogP contribution is 2.29. The van der Waals surface area contributed by atoms with Crippen LogP contribution in [0.4, 0.5) is 5.13 Å². The number of aromatic nitrogens is 1. The molecule has 9 nitrogen and oxygen atoms in total. The molecule has 4 rings (SSSR count). The van der Waals surface area contributed by atoms with Crippen molar-refractivity contribution in [2.75, 3.05) is 52.3 Å². The second-order valence-corrected chi connectivity index (χ2v) is 9.48. The minimum atomic E-state index is -0.326. The van der Waals surface area contributed by atoms with Crippen LogP contribution in [0.15, 0.2) is 54.0 Å². The molecule has 3 aromatic rings. The first-order valence-corrected chi connectivity index (χ1v) is 12.6. The lowest BCUT2D eigenvalue weighted by molar-refractivity contribution is 0.0664. The molecular formula is C26H30N4O5S. The number of benzene rings is 2. The van der Waals surface area contributed by atoms with Gasteiger partial charge < -0.3 is 24.0 Å². The van der Waals surface area contributed by atoms with Crippen molar-refractivity contribution in [2.45, 2.75) is 13.0 Å². The Morgan fingerprint density at radius 1 is 1.03 bits per heavy atom. The van der Waals surface area contributed by atoms with E-state index in [1.54, 1.807) is 61.2 Å². The fourth-order valence-corrected chi connectivity index (χ4v) is 4.30. The first kappa shape index (κ1) is 25.6. The average Bonchev–Trinajstić information content (AvgIpc) is 3.37. The molecule has 0 bridgehead atoms. The van der Waals surface area contributed by atoms with Gasteiger partial charge in [0.1, 0.15) is 23.4 Å². The summed E-state index contributed by atoms with van der Waals surface area (Å²) in [5.41, 5.74) is 0.977. The molecule has 0 spiro atoms. The maximum Gasteiger partial charge on any atom is 0.257 e. The van der Waals surface area contributed by atoms with Gasteiger partial charge in [0.15, 0.2) is 5.13 Å². The molecule has 2 aromatic carbocycles. The third-order valence-electron chi connectivity index (χ3n) is 5.66. The third kappa shape index (κ3) is 6.81. The van der Waals surface area contributed by atoms with Crippen molar-refractivity contribution >= 4 is 28.3 Å². The van der Waals surface area contributed by atoms with E-state index >= 15 is 0 Å². The molecule has 0 aliphatic carbocycles. The van der Waals surface area contributed by atoms with Gasteiger partial charge in [0.2, 0.25) is 0 Å². The quantitative estimate of drug-likeness (QED) is 0.465. The number of thiazole rings is 1. The Bertz CT molecular complexity index is 1160. The van der Waals surface area contributed by atoms with Gasteiger partial charge in [-0.2, -0.15) is 0 Å². The molecule has 2 heterocycles. The molecule has 10 heteroatoms. The lowest BCUT2D eigenvalue weighted by atomic mass is 10.1. The molecule has 1 saturated heterocycles. The highest BCUT2D eigenvalue weighted by Gasteiger charge is 2.20. The predicted molar refractivity (Wildman–Crippen MR) is 138 cm³/mol. The number of methoxy groups -OCH3 is 1. The number of carbonyl (C=O) groups excluding carboxylic acids is 2. The van der Waals surface area contributed by atoms with E-state index in [1.165, 1.54) is 11.3 Å². The van der Waals surface area contributed by atoms with Crippen molar-refractivity contribution < 1.29 is 23.8 Å². The van der Waals surface area contributed by atoms with E-state index in [0.29, 0.717) is 53.2 Å². The molecule has 190 valence electrons. The zero-order chi connectivity index (χ0) is 25.5. The number of nitrogens with one attached hydrogen (secondary N) is 1. The number of nitrogens with zero attached hydrogens (tertiary/aromatic N) is 3. The molecule has 1 atom stereocenters. The molecule has 1 N–H and O–H groups in total. The third-order valence-corrected chi connectivity index (χ3v) is 6.35. The summed E-state index contributed by atoms with van der Waals surface area (Å²) in [5.74, 6) is 1.13. The van der Waals surface area contributed by atoms with E-state index in [-0.39, 0.29) is 17.9 Å². The fourth-order valence-electron chi connectivity index (χ4n) is 3.78. The first-order chi connectivity index (χ1) is 17.4. The van der Waals surface area contributed by atoms with Crippen LogP contribution in [0.5, 0.6) is 17.2 Å². The highest BCUT2D eigenvalue weighted by molar-refractivity contribution is 7.13. The average molecular weight is 511 g/mol. The van der Waals surface area contributed by atoms with Crippen LogP contribution in [0.2, 0.25) is 0 Å².